The zero-order valence-electron chi connectivity index (χ0n) is 11.3. The molecule has 20 heavy (non-hydrogen) atoms. The van der Waals surface area contributed by atoms with Crippen molar-refractivity contribution < 1.29 is 13.6 Å². The van der Waals surface area contributed by atoms with Crippen LogP contribution in [0.5, 0.6) is 0 Å². The fourth-order valence-electron chi connectivity index (χ4n) is 1.94. The summed E-state index contributed by atoms with van der Waals surface area (Å²) in [5.74, 6) is -0.897. The van der Waals surface area contributed by atoms with Crippen LogP contribution in [0.4, 0.5) is 8.78 Å². The molecule has 0 spiro atoms. The van der Waals surface area contributed by atoms with Gasteiger partial charge in [0.1, 0.15) is 11.6 Å². The normalized spacial score (nSPS) is 12.0. The van der Waals surface area contributed by atoms with Crippen molar-refractivity contribution in [3.63, 3.8) is 0 Å². The van der Waals surface area contributed by atoms with Gasteiger partial charge in [0, 0.05) is 12.6 Å². The molecule has 104 valence electrons. The number of carbonyl (C=O) groups is 1. The van der Waals surface area contributed by atoms with Crippen LogP contribution in [0, 0.1) is 11.6 Å². The molecule has 4 heteroatoms. The summed E-state index contributed by atoms with van der Waals surface area (Å²) >= 11 is 0. The van der Waals surface area contributed by atoms with Crippen LogP contribution in [-0.4, -0.2) is 17.9 Å². The second-order valence-corrected chi connectivity index (χ2v) is 4.65. The molecule has 2 rings (SSSR count). The Morgan fingerprint density at radius 1 is 0.950 bits per heavy atom. The summed E-state index contributed by atoms with van der Waals surface area (Å²) in [6, 6.07) is 11.2. The van der Waals surface area contributed by atoms with E-state index >= 15 is 0 Å². The molecule has 2 aromatic rings. The molecule has 0 saturated heterocycles. The summed E-state index contributed by atoms with van der Waals surface area (Å²) in [5.41, 5.74) is 1.26. The lowest BCUT2D eigenvalue weighted by Gasteiger charge is -2.25. The van der Waals surface area contributed by atoms with Gasteiger partial charge >= 0.3 is 0 Å². The Bertz CT molecular complexity index is 593. The van der Waals surface area contributed by atoms with E-state index in [1.54, 1.807) is 24.1 Å². The molecule has 2 nitrogen and oxygen atoms in total. The maximum atomic E-state index is 12.9. The lowest BCUT2D eigenvalue weighted by atomic mass is 10.1. The summed E-state index contributed by atoms with van der Waals surface area (Å²) < 4.78 is 25.7. The van der Waals surface area contributed by atoms with E-state index in [1.165, 1.54) is 36.4 Å². The molecule has 0 fully saturated rings. The summed E-state index contributed by atoms with van der Waals surface area (Å²) in [6.07, 6.45) is 0. The van der Waals surface area contributed by atoms with Gasteiger partial charge in [-0.3, -0.25) is 4.79 Å². The first-order chi connectivity index (χ1) is 9.49. The van der Waals surface area contributed by atoms with Crippen LogP contribution in [0.1, 0.15) is 28.9 Å². The molecule has 1 atom stereocenters. The predicted octanol–water partition coefficient (Wildman–Crippen LogP) is 3.80. The third-order valence-electron chi connectivity index (χ3n) is 3.34. The average molecular weight is 275 g/mol. The van der Waals surface area contributed by atoms with Crippen LogP contribution >= 0.6 is 0 Å². The van der Waals surface area contributed by atoms with Crippen LogP contribution in [0.3, 0.4) is 0 Å². The van der Waals surface area contributed by atoms with Crippen LogP contribution in [-0.2, 0) is 0 Å². The fraction of sp³-hybridized carbons (Fsp3) is 0.188. The summed E-state index contributed by atoms with van der Waals surface area (Å²) in [5, 5.41) is 0. The Balaban J connectivity index is 2.17. The minimum Gasteiger partial charge on any atom is -0.335 e. The third-order valence-corrected chi connectivity index (χ3v) is 3.34. The maximum absolute atomic E-state index is 12.9. The molecule has 0 radical (unpaired) electrons. The van der Waals surface area contributed by atoms with Gasteiger partial charge in [0.05, 0.1) is 6.04 Å². The van der Waals surface area contributed by atoms with Crippen LogP contribution < -0.4 is 0 Å². The lowest BCUT2D eigenvalue weighted by molar-refractivity contribution is 0.0742. The van der Waals surface area contributed by atoms with Crippen molar-refractivity contribution in [3.8, 4) is 0 Å². The predicted molar refractivity (Wildman–Crippen MR) is 73.3 cm³/mol. The molecular formula is C16H15F2NO. The van der Waals surface area contributed by atoms with Crippen molar-refractivity contribution in [1.29, 1.82) is 0 Å². The van der Waals surface area contributed by atoms with E-state index in [4.69, 9.17) is 0 Å². The van der Waals surface area contributed by atoms with E-state index in [1.807, 2.05) is 6.92 Å². The topological polar surface area (TPSA) is 20.3 Å². The fourth-order valence-corrected chi connectivity index (χ4v) is 1.94. The third kappa shape index (κ3) is 3.02. The Kier molecular flexibility index (Phi) is 4.13. The van der Waals surface area contributed by atoms with Gasteiger partial charge in [0.2, 0.25) is 0 Å². The van der Waals surface area contributed by atoms with Gasteiger partial charge in [0.15, 0.2) is 0 Å². The van der Waals surface area contributed by atoms with Crippen molar-refractivity contribution in [3.05, 3.63) is 71.3 Å². The number of amides is 1. The average Bonchev–Trinajstić information content (AvgIpc) is 2.46. The summed E-state index contributed by atoms with van der Waals surface area (Å²) in [6.45, 7) is 1.86. The highest BCUT2D eigenvalue weighted by atomic mass is 19.1. The smallest absolute Gasteiger partial charge is 0.254 e. The Morgan fingerprint density at radius 3 is 1.90 bits per heavy atom. The standard InChI is InChI=1S/C16H15F2NO/c1-11(12-3-7-14(17)8-4-12)19(2)16(20)13-5-9-15(18)10-6-13/h3-11H,1-2H3. The second-order valence-electron chi connectivity index (χ2n) is 4.65. The van der Waals surface area contributed by atoms with Crippen molar-refractivity contribution >= 4 is 5.91 Å². The molecule has 0 N–H and O–H groups in total. The number of rotatable bonds is 3. The van der Waals surface area contributed by atoms with E-state index in [9.17, 15) is 13.6 Å². The first kappa shape index (κ1) is 14.2. The monoisotopic (exact) mass is 275 g/mol. The second kappa shape index (κ2) is 5.82. The highest BCUT2D eigenvalue weighted by molar-refractivity contribution is 5.94. The first-order valence-corrected chi connectivity index (χ1v) is 6.27. The van der Waals surface area contributed by atoms with Gasteiger partial charge in [-0.25, -0.2) is 8.78 Å². The van der Waals surface area contributed by atoms with E-state index in [2.05, 4.69) is 0 Å². The summed E-state index contributed by atoms with van der Waals surface area (Å²) in [4.78, 5) is 13.8. The van der Waals surface area contributed by atoms with Crippen LogP contribution in [0.15, 0.2) is 48.5 Å². The molecular weight excluding hydrogens is 260 g/mol. The Labute approximate surface area is 116 Å². The zero-order chi connectivity index (χ0) is 14.7. The number of hydrogen-bond donors (Lipinski definition) is 0. The van der Waals surface area contributed by atoms with E-state index in [-0.39, 0.29) is 23.6 Å². The van der Waals surface area contributed by atoms with Crippen molar-refractivity contribution in [2.45, 2.75) is 13.0 Å². The number of hydrogen-bond acceptors (Lipinski definition) is 1. The first-order valence-electron chi connectivity index (χ1n) is 6.27. The van der Waals surface area contributed by atoms with Crippen molar-refractivity contribution in [2.75, 3.05) is 7.05 Å². The van der Waals surface area contributed by atoms with Gasteiger partial charge in [0.25, 0.3) is 5.91 Å². The van der Waals surface area contributed by atoms with E-state index in [0.29, 0.717) is 5.56 Å². The SMILES string of the molecule is CC(c1ccc(F)cc1)N(C)C(=O)c1ccc(F)cc1. The molecule has 0 bridgehead atoms. The van der Waals surface area contributed by atoms with E-state index < -0.39 is 0 Å². The lowest BCUT2D eigenvalue weighted by Crippen LogP contribution is -2.29. The highest BCUT2D eigenvalue weighted by Crippen LogP contribution is 2.21. The molecule has 1 amide bonds. The number of nitrogens with zero attached hydrogens (tertiary/aromatic N) is 1. The molecule has 0 aliphatic carbocycles. The van der Waals surface area contributed by atoms with Crippen molar-refractivity contribution in [2.24, 2.45) is 0 Å². The van der Waals surface area contributed by atoms with E-state index in [0.717, 1.165) is 5.56 Å². The molecule has 1 unspecified atom stereocenters. The van der Waals surface area contributed by atoms with Gasteiger partial charge in [-0.2, -0.15) is 0 Å². The Morgan fingerprint density at radius 2 is 1.40 bits per heavy atom. The largest absolute Gasteiger partial charge is 0.335 e. The molecule has 0 saturated carbocycles. The number of halogens is 2. The van der Waals surface area contributed by atoms with Gasteiger partial charge in [-0.1, -0.05) is 12.1 Å². The van der Waals surface area contributed by atoms with Gasteiger partial charge < -0.3 is 4.90 Å². The van der Waals surface area contributed by atoms with Crippen LogP contribution in [0.2, 0.25) is 0 Å². The van der Waals surface area contributed by atoms with Crippen molar-refractivity contribution in [1.82, 2.24) is 4.90 Å². The molecule has 0 aliphatic rings. The zero-order valence-corrected chi connectivity index (χ0v) is 11.3. The van der Waals surface area contributed by atoms with Crippen LogP contribution in [0.25, 0.3) is 0 Å². The van der Waals surface area contributed by atoms with Gasteiger partial charge in [-0.15, -0.1) is 0 Å². The molecule has 2 aromatic carbocycles. The number of carbonyl (C=O) groups excluding carboxylic acids is 1. The molecule has 0 aliphatic heterocycles. The minimum absolute atomic E-state index is 0.201. The summed E-state index contributed by atoms with van der Waals surface area (Å²) in [7, 11) is 1.67. The highest BCUT2D eigenvalue weighted by Gasteiger charge is 2.18. The quantitative estimate of drug-likeness (QED) is 0.834. The van der Waals surface area contributed by atoms with Gasteiger partial charge in [-0.05, 0) is 48.9 Å². The molecule has 0 aromatic heterocycles. The number of benzene rings is 2. The Hall–Kier alpha value is -2.23. The minimum atomic E-state index is -0.379. The maximum Gasteiger partial charge on any atom is 0.254 e. The molecule has 0 heterocycles.